The van der Waals surface area contributed by atoms with Crippen molar-refractivity contribution in [3.63, 3.8) is 0 Å². The highest BCUT2D eigenvalue weighted by atomic mass is 16.5. The minimum atomic E-state index is 0.758. The highest BCUT2D eigenvalue weighted by molar-refractivity contribution is 5.79. The van der Waals surface area contributed by atoms with E-state index in [0.717, 1.165) is 46.9 Å². The maximum Gasteiger partial charge on any atom is 0.160 e. The van der Waals surface area contributed by atoms with Crippen LogP contribution in [0.15, 0.2) is 78.9 Å². The molecule has 0 amide bonds. The van der Waals surface area contributed by atoms with Gasteiger partial charge in [-0.15, -0.1) is 0 Å². The fourth-order valence-electron chi connectivity index (χ4n) is 3.90. The predicted molar refractivity (Wildman–Crippen MR) is 112 cm³/mol. The first-order valence-corrected chi connectivity index (χ1v) is 9.52. The maximum atomic E-state index is 5.45. The Bertz CT molecular complexity index is 1150. The molecule has 136 valence electrons. The topological polar surface area (TPSA) is 35.0 Å². The second-order valence-electron chi connectivity index (χ2n) is 6.98. The molecule has 1 aliphatic carbocycles. The van der Waals surface area contributed by atoms with Crippen LogP contribution in [0.25, 0.3) is 33.9 Å². The highest BCUT2D eigenvalue weighted by Gasteiger charge is 2.23. The summed E-state index contributed by atoms with van der Waals surface area (Å²) in [6, 6.07) is 26.9. The molecule has 0 aliphatic heterocycles. The quantitative estimate of drug-likeness (QED) is 0.476. The number of nitrogens with zero attached hydrogens (tertiary/aromatic N) is 2. The third kappa shape index (κ3) is 2.85. The van der Waals surface area contributed by atoms with E-state index >= 15 is 0 Å². The summed E-state index contributed by atoms with van der Waals surface area (Å²) in [5, 5.41) is 0. The number of rotatable bonds is 3. The molecule has 1 aromatic heterocycles. The molecule has 0 saturated carbocycles. The molecule has 1 heterocycles. The molecule has 0 fully saturated rings. The van der Waals surface area contributed by atoms with Crippen LogP contribution in [0.4, 0.5) is 0 Å². The van der Waals surface area contributed by atoms with Gasteiger partial charge in [0.25, 0.3) is 0 Å². The maximum absolute atomic E-state index is 5.45. The third-order valence-corrected chi connectivity index (χ3v) is 5.30. The molecule has 5 rings (SSSR count). The van der Waals surface area contributed by atoms with Crippen molar-refractivity contribution in [3.8, 4) is 39.7 Å². The molecular weight excluding hydrogens is 344 g/mol. The Labute approximate surface area is 164 Å². The molecule has 0 spiro atoms. The van der Waals surface area contributed by atoms with Gasteiger partial charge in [0.2, 0.25) is 0 Å². The first kappa shape index (κ1) is 16.7. The number of benzene rings is 3. The zero-order chi connectivity index (χ0) is 18.9. The van der Waals surface area contributed by atoms with E-state index in [2.05, 4.69) is 48.5 Å². The van der Waals surface area contributed by atoms with Gasteiger partial charge < -0.3 is 4.74 Å². The summed E-state index contributed by atoms with van der Waals surface area (Å²) >= 11 is 0. The summed E-state index contributed by atoms with van der Waals surface area (Å²) in [5.74, 6) is 1.59. The van der Waals surface area contributed by atoms with Gasteiger partial charge in [0, 0.05) is 22.3 Å². The van der Waals surface area contributed by atoms with Gasteiger partial charge in [-0.1, -0.05) is 66.7 Å². The lowest BCUT2D eigenvalue weighted by molar-refractivity contribution is 0.415. The summed E-state index contributed by atoms with van der Waals surface area (Å²) in [5.41, 5.74) is 7.92. The van der Waals surface area contributed by atoms with Crippen molar-refractivity contribution in [3.05, 3.63) is 90.0 Å². The van der Waals surface area contributed by atoms with Crippen LogP contribution in [0.3, 0.4) is 0 Å². The van der Waals surface area contributed by atoms with Gasteiger partial charge in [-0.05, 0) is 30.5 Å². The average Bonchev–Trinajstić information content (AvgIpc) is 2.79. The molecular formula is C25H20N2O. The van der Waals surface area contributed by atoms with E-state index < -0.39 is 0 Å². The number of hydrogen-bond acceptors (Lipinski definition) is 3. The Morgan fingerprint density at radius 1 is 0.714 bits per heavy atom. The molecule has 0 unspecified atom stereocenters. The van der Waals surface area contributed by atoms with Gasteiger partial charge in [0.05, 0.1) is 18.5 Å². The molecule has 0 radical (unpaired) electrons. The number of methoxy groups -OCH3 is 1. The van der Waals surface area contributed by atoms with Crippen molar-refractivity contribution in [1.82, 2.24) is 9.97 Å². The van der Waals surface area contributed by atoms with Crippen LogP contribution >= 0.6 is 0 Å². The normalized spacial score (nSPS) is 12.2. The molecule has 0 atom stereocenters. The molecule has 3 heteroatoms. The molecule has 0 bridgehead atoms. The van der Waals surface area contributed by atoms with E-state index in [0.29, 0.717) is 0 Å². The Morgan fingerprint density at radius 3 is 2.32 bits per heavy atom. The van der Waals surface area contributed by atoms with Crippen LogP contribution in [-0.2, 0) is 12.8 Å². The van der Waals surface area contributed by atoms with Crippen LogP contribution in [-0.4, -0.2) is 17.1 Å². The lowest BCUT2D eigenvalue weighted by Crippen LogP contribution is -2.10. The van der Waals surface area contributed by atoms with Gasteiger partial charge in [0.15, 0.2) is 5.82 Å². The Balaban J connectivity index is 1.79. The summed E-state index contributed by atoms with van der Waals surface area (Å²) in [7, 11) is 1.69. The number of fused-ring (bicyclic) bond motifs is 3. The second-order valence-corrected chi connectivity index (χ2v) is 6.98. The van der Waals surface area contributed by atoms with E-state index in [1.54, 1.807) is 7.11 Å². The van der Waals surface area contributed by atoms with E-state index in [1.807, 2.05) is 30.3 Å². The zero-order valence-electron chi connectivity index (χ0n) is 15.7. The molecule has 28 heavy (non-hydrogen) atoms. The van der Waals surface area contributed by atoms with Crippen LogP contribution < -0.4 is 4.74 Å². The van der Waals surface area contributed by atoms with Crippen LogP contribution in [0, 0.1) is 0 Å². The second kappa shape index (κ2) is 6.93. The van der Waals surface area contributed by atoms with E-state index in [4.69, 9.17) is 14.7 Å². The summed E-state index contributed by atoms with van der Waals surface area (Å²) in [6.07, 6.45) is 1.95. The summed E-state index contributed by atoms with van der Waals surface area (Å²) < 4.78 is 5.45. The Kier molecular flexibility index (Phi) is 4.13. The van der Waals surface area contributed by atoms with Crippen molar-refractivity contribution >= 4 is 0 Å². The first-order valence-electron chi connectivity index (χ1n) is 9.52. The standard InChI is InChI=1S/C25H20N2O/c1-28-20-12-7-11-19(16-20)23-22-15-14-17-8-5-6-13-21(17)24(22)27-25(26-23)18-9-3-2-4-10-18/h2-13,16H,14-15H2,1H3. The fraction of sp³-hybridized carbons (Fsp3) is 0.120. The molecule has 3 nitrogen and oxygen atoms in total. The lowest BCUT2D eigenvalue weighted by atomic mass is 9.86. The van der Waals surface area contributed by atoms with Crippen molar-refractivity contribution < 1.29 is 4.74 Å². The van der Waals surface area contributed by atoms with Gasteiger partial charge in [-0.25, -0.2) is 9.97 Å². The van der Waals surface area contributed by atoms with Crippen molar-refractivity contribution in [2.45, 2.75) is 12.8 Å². The largest absolute Gasteiger partial charge is 0.497 e. The molecule has 0 N–H and O–H groups in total. The highest BCUT2D eigenvalue weighted by Crippen LogP contribution is 2.38. The molecule has 3 aromatic carbocycles. The Morgan fingerprint density at radius 2 is 1.46 bits per heavy atom. The molecule has 4 aromatic rings. The number of aryl methyl sites for hydroxylation is 1. The van der Waals surface area contributed by atoms with Crippen LogP contribution in [0.5, 0.6) is 5.75 Å². The van der Waals surface area contributed by atoms with Crippen molar-refractivity contribution in [2.75, 3.05) is 7.11 Å². The van der Waals surface area contributed by atoms with Gasteiger partial charge in [0.1, 0.15) is 5.75 Å². The number of ether oxygens (including phenoxy) is 1. The number of hydrogen-bond donors (Lipinski definition) is 0. The van der Waals surface area contributed by atoms with Crippen molar-refractivity contribution in [1.29, 1.82) is 0 Å². The minimum Gasteiger partial charge on any atom is -0.497 e. The third-order valence-electron chi connectivity index (χ3n) is 5.30. The SMILES string of the molecule is COc1cccc(-c2nc(-c3ccccc3)nc3c2CCc2ccccc2-3)c1. The van der Waals surface area contributed by atoms with Gasteiger partial charge in [-0.2, -0.15) is 0 Å². The minimum absolute atomic E-state index is 0.758. The van der Waals surface area contributed by atoms with Crippen LogP contribution in [0.1, 0.15) is 11.1 Å². The van der Waals surface area contributed by atoms with E-state index in [9.17, 15) is 0 Å². The zero-order valence-corrected chi connectivity index (χ0v) is 15.7. The van der Waals surface area contributed by atoms with Crippen molar-refractivity contribution in [2.24, 2.45) is 0 Å². The fourth-order valence-corrected chi connectivity index (χ4v) is 3.90. The number of aromatic nitrogens is 2. The average molecular weight is 364 g/mol. The monoisotopic (exact) mass is 364 g/mol. The first-order chi connectivity index (χ1) is 13.8. The summed E-state index contributed by atoms with van der Waals surface area (Å²) in [4.78, 5) is 10.0. The lowest BCUT2D eigenvalue weighted by Gasteiger charge is -2.22. The van der Waals surface area contributed by atoms with Gasteiger partial charge >= 0.3 is 0 Å². The summed E-state index contributed by atoms with van der Waals surface area (Å²) in [6.45, 7) is 0. The van der Waals surface area contributed by atoms with E-state index in [-0.39, 0.29) is 0 Å². The molecule has 0 saturated heterocycles. The van der Waals surface area contributed by atoms with Crippen LogP contribution in [0.2, 0.25) is 0 Å². The predicted octanol–water partition coefficient (Wildman–Crippen LogP) is 5.58. The van der Waals surface area contributed by atoms with E-state index in [1.165, 1.54) is 16.7 Å². The Hall–Kier alpha value is -3.46. The van der Waals surface area contributed by atoms with Gasteiger partial charge in [-0.3, -0.25) is 0 Å². The smallest absolute Gasteiger partial charge is 0.160 e. The molecule has 1 aliphatic rings.